The molecule has 1 aromatic heterocycles. The van der Waals surface area contributed by atoms with Crippen LogP contribution in [-0.4, -0.2) is 39.8 Å². The Hall–Kier alpha value is -2.31. The van der Waals surface area contributed by atoms with Crippen LogP contribution < -0.4 is 0 Å². The van der Waals surface area contributed by atoms with Crippen molar-refractivity contribution in [3.8, 4) is 0 Å². The first kappa shape index (κ1) is 20.0. The Balaban J connectivity index is 1.67. The van der Waals surface area contributed by atoms with Gasteiger partial charge in [-0.2, -0.15) is 0 Å². The molecule has 2 aliphatic heterocycles. The molecule has 0 bridgehead atoms. The third-order valence-corrected chi connectivity index (χ3v) is 6.50. The number of carbonyl (C=O) groups excluding carboxylic acids is 1. The van der Waals surface area contributed by atoms with Gasteiger partial charge < -0.3 is 9.30 Å². The lowest BCUT2D eigenvalue weighted by atomic mass is 10.2. The van der Waals surface area contributed by atoms with E-state index in [1.807, 2.05) is 36.4 Å². The summed E-state index contributed by atoms with van der Waals surface area (Å²) in [6.45, 7) is 8.61. The maximum Gasteiger partial charge on any atom is 0.266 e. The number of hydrogen-bond donors (Lipinski definition) is 0. The highest BCUT2D eigenvalue weighted by molar-refractivity contribution is 8.18. The lowest BCUT2D eigenvalue weighted by Gasteiger charge is -2.19. The van der Waals surface area contributed by atoms with Crippen LogP contribution in [0.15, 0.2) is 46.3 Å². The summed E-state index contributed by atoms with van der Waals surface area (Å²) in [6.07, 6.45) is 4.14. The Morgan fingerprint density at radius 3 is 2.72 bits per heavy atom. The predicted molar refractivity (Wildman–Crippen MR) is 119 cm³/mol. The monoisotopic (exact) mass is 409 g/mol. The van der Waals surface area contributed by atoms with Crippen LogP contribution in [0.2, 0.25) is 0 Å². The van der Waals surface area contributed by atoms with Gasteiger partial charge in [-0.3, -0.25) is 9.69 Å². The zero-order chi connectivity index (χ0) is 20.4. The molecule has 4 rings (SSSR count). The molecule has 1 aromatic carbocycles. The van der Waals surface area contributed by atoms with E-state index in [-0.39, 0.29) is 12.0 Å². The van der Waals surface area contributed by atoms with E-state index in [2.05, 4.69) is 31.4 Å². The number of thioether (sulfide) groups is 1. The average molecular weight is 410 g/mol. The minimum absolute atomic E-state index is 0.0153. The molecule has 0 aliphatic carbocycles. The van der Waals surface area contributed by atoms with Gasteiger partial charge in [0.2, 0.25) is 0 Å². The summed E-state index contributed by atoms with van der Waals surface area (Å²) in [4.78, 5) is 20.5. The smallest absolute Gasteiger partial charge is 0.266 e. The average Bonchev–Trinajstić information content (AvgIpc) is 3.39. The van der Waals surface area contributed by atoms with E-state index >= 15 is 0 Å². The fourth-order valence-corrected chi connectivity index (χ4v) is 4.96. The molecule has 29 heavy (non-hydrogen) atoms. The molecule has 0 saturated carbocycles. The number of amidine groups is 1. The van der Waals surface area contributed by atoms with Gasteiger partial charge in [-0.25, -0.2) is 4.99 Å². The number of rotatable bonds is 5. The Bertz CT molecular complexity index is 956. The van der Waals surface area contributed by atoms with Crippen molar-refractivity contribution in [2.24, 2.45) is 4.99 Å². The van der Waals surface area contributed by atoms with E-state index in [0.717, 1.165) is 42.4 Å². The van der Waals surface area contributed by atoms with Gasteiger partial charge in [0.05, 0.1) is 23.2 Å². The van der Waals surface area contributed by atoms with Gasteiger partial charge in [0.25, 0.3) is 5.91 Å². The predicted octanol–water partition coefficient (Wildman–Crippen LogP) is 4.91. The third kappa shape index (κ3) is 4.19. The minimum atomic E-state index is 0.0153. The van der Waals surface area contributed by atoms with Crippen LogP contribution in [-0.2, 0) is 16.1 Å². The van der Waals surface area contributed by atoms with Crippen LogP contribution in [0.1, 0.15) is 36.7 Å². The molecular formula is C23H27N3O2S. The molecule has 2 fully saturated rings. The summed E-state index contributed by atoms with van der Waals surface area (Å²) in [6, 6.07) is 12.0. The van der Waals surface area contributed by atoms with Crippen molar-refractivity contribution < 1.29 is 9.53 Å². The van der Waals surface area contributed by atoms with E-state index in [1.54, 1.807) is 4.90 Å². The highest BCUT2D eigenvalue weighted by atomic mass is 32.2. The number of aryl methyl sites for hydroxylation is 1. The molecule has 2 saturated heterocycles. The van der Waals surface area contributed by atoms with Crippen molar-refractivity contribution in [3.63, 3.8) is 0 Å². The molecule has 2 aliphatic rings. The molecule has 5 nitrogen and oxygen atoms in total. The van der Waals surface area contributed by atoms with Crippen LogP contribution in [0.5, 0.6) is 0 Å². The molecule has 6 heteroatoms. The van der Waals surface area contributed by atoms with Gasteiger partial charge in [0.1, 0.15) is 0 Å². The number of amides is 1. The van der Waals surface area contributed by atoms with E-state index in [1.165, 1.54) is 23.1 Å². The van der Waals surface area contributed by atoms with Crippen molar-refractivity contribution in [2.45, 2.75) is 46.3 Å². The van der Waals surface area contributed by atoms with Gasteiger partial charge in [-0.15, -0.1) is 0 Å². The second kappa shape index (κ2) is 8.59. The van der Waals surface area contributed by atoms with Crippen LogP contribution in [0, 0.1) is 13.8 Å². The second-order valence-electron chi connectivity index (χ2n) is 7.46. The normalized spacial score (nSPS) is 22.4. The Kier molecular flexibility index (Phi) is 5.92. The molecule has 0 unspecified atom stereocenters. The van der Waals surface area contributed by atoms with Gasteiger partial charge in [0, 0.05) is 24.5 Å². The van der Waals surface area contributed by atoms with Crippen LogP contribution in [0.3, 0.4) is 0 Å². The van der Waals surface area contributed by atoms with Gasteiger partial charge in [0.15, 0.2) is 5.17 Å². The molecule has 0 spiro atoms. The topological polar surface area (TPSA) is 46.8 Å². The molecule has 0 radical (unpaired) electrons. The van der Waals surface area contributed by atoms with E-state index in [4.69, 9.17) is 9.73 Å². The first-order valence-electron chi connectivity index (χ1n) is 10.2. The summed E-state index contributed by atoms with van der Waals surface area (Å²) in [5, 5.41) is 0.729. The van der Waals surface area contributed by atoms with Crippen molar-refractivity contribution >= 4 is 34.6 Å². The molecule has 1 atom stereocenters. The van der Waals surface area contributed by atoms with Crippen molar-refractivity contribution in [3.05, 3.63) is 58.3 Å². The SMILES string of the molecule is CCn1c(C)cc(/C=C2\SC(=Nc3ccccc3)N(C[C@@H]3CCCO3)C2=O)c1C. The summed E-state index contributed by atoms with van der Waals surface area (Å²) in [7, 11) is 0. The number of aromatic nitrogens is 1. The second-order valence-corrected chi connectivity index (χ2v) is 8.47. The van der Waals surface area contributed by atoms with E-state index < -0.39 is 0 Å². The standard InChI is InChI=1S/C23H27N3O2S/c1-4-25-16(2)13-18(17(25)3)14-21-22(27)26(15-20-11-8-12-28-20)23(29-21)24-19-9-6-5-7-10-19/h5-7,9-10,13-14,20H,4,8,11-12,15H2,1-3H3/b21-14-,24-23?/t20-/m0/s1. The Morgan fingerprint density at radius 1 is 1.28 bits per heavy atom. The zero-order valence-electron chi connectivity index (χ0n) is 17.2. The highest BCUT2D eigenvalue weighted by Crippen LogP contribution is 2.35. The highest BCUT2D eigenvalue weighted by Gasteiger charge is 2.36. The lowest BCUT2D eigenvalue weighted by Crippen LogP contribution is -2.36. The molecule has 1 amide bonds. The number of benzene rings is 1. The first-order valence-corrected chi connectivity index (χ1v) is 11.0. The van der Waals surface area contributed by atoms with Crippen molar-refractivity contribution in [2.75, 3.05) is 13.2 Å². The largest absolute Gasteiger partial charge is 0.376 e. The summed E-state index contributed by atoms with van der Waals surface area (Å²) in [5.41, 5.74) is 4.34. The lowest BCUT2D eigenvalue weighted by molar-refractivity contribution is -0.123. The summed E-state index contributed by atoms with van der Waals surface area (Å²) >= 11 is 1.45. The summed E-state index contributed by atoms with van der Waals surface area (Å²) in [5.74, 6) is 0.0153. The number of ether oxygens (including phenoxy) is 1. The number of carbonyl (C=O) groups is 1. The quantitative estimate of drug-likeness (QED) is 0.660. The molecule has 2 aromatic rings. The number of hydrogen-bond acceptors (Lipinski definition) is 4. The van der Waals surface area contributed by atoms with Crippen LogP contribution in [0.25, 0.3) is 6.08 Å². The van der Waals surface area contributed by atoms with Gasteiger partial charge in [-0.05, 0) is 75.2 Å². The van der Waals surface area contributed by atoms with Gasteiger partial charge in [-0.1, -0.05) is 18.2 Å². The zero-order valence-corrected chi connectivity index (χ0v) is 18.0. The van der Waals surface area contributed by atoms with Crippen LogP contribution >= 0.6 is 11.8 Å². The Morgan fingerprint density at radius 2 is 2.07 bits per heavy atom. The fraction of sp³-hybridized carbons (Fsp3) is 0.391. The number of para-hydroxylation sites is 1. The van der Waals surface area contributed by atoms with Crippen molar-refractivity contribution in [1.82, 2.24) is 9.47 Å². The molecule has 3 heterocycles. The molecule has 152 valence electrons. The molecule has 0 N–H and O–H groups in total. The van der Waals surface area contributed by atoms with Crippen molar-refractivity contribution in [1.29, 1.82) is 0 Å². The maximum absolute atomic E-state index is 13.3. The first-order chi connectivity index (χ1) is 14.1. The van der Waals surface area contributed by atoms with Gasteiger partial charge >= 0.3 is 0 Å². The summed E-state index contributed by atoms with van der Waals surface area (Å²) < 4.78 is 8.05. The number of aliphatic imine (C=N–C) groups is 1. The molecular weight excluding hydrogens is 382 g/mol. The Labute approximate surface area is 176 Å². The van der Waals surface area contributed by atoms with E-state index in [9.17, 15) is 4.79 Å². The minimum Gasteiger partial charge on any atom is -0.376 e. The fourth-order valence-electron chi connectivity index (χ4n) is 3.96. The van der Waals surface area contributed by atoms with E-state index in [0.29, 0.717) is 11.4 Å². The van der Waals surface area contributed by atoms with Crippen LogP contribution in [0.4, 0.5) is 5.69 Å². The maximum atomic E-state index is 13.3. The number of nitrogens with zero attached hydrogens (tertiary/aromatic N) is 3. The third-order valence-electron chi connectivity index (χ3n) is 5.49.